The van der Waals surface area contributed by atoms with Crippen LogP contribution in [0.2, 0.25) is 0 Å². The summed E-state index contributed by atoms with van der Waals surface area (Å²) in [7, 11) is 0. The molecule has 0 bridgehead atoms. The highest BCUT2D eigenvalue weighted by Crippen LogP contribution is 2.31. The molecule has 0 saturated carbocycles. The van der Waals surface area contributed by atoms with Gasteiger partial charge in [0.25, 0.3) is 0 Å². The Morgan fingerprint density at radius 2 is 1.10 bits per heavy atom. The lowest BCUT2D eigenvalue weighted by atomic mass is 10.1. The van der Waals surface area contributed by atoms with Crippen molar-refractivity contribution in [1.29, 1.82) is 0 Å². The number of nitrogens with zero attached hydrogens (tertiary/aromatic N) is 2. The fraction of sp³-hybridized carbons (Fsp3) is 0.0741. The molecule has 0 unspecified atom stereocenters. The van der Waals surface area contributed by atoms with Crippen LogP contribution < -0.4 is 21.7 Å². The summed E-state index contributed by atoms with van der Waals surface area (Å²) in [5, 5.41) is 30.2. The van der Waals surface area contributed by atoms with E-state index in [-0.39, 0.29) is 29.9 Å². The standard InChI is InChI=1S/C22H16N2O3S.C16H16N2O2S.C12H11N.C4H7NO2.H2S/c25-20-11-8-16(12-18(20)21(26)27)19-13-28-22(24-19)23-17-9-6-15(7-10-17)14-4-2-1-3-5-14;1-2-20-16(19)18-15(21)17-14-10-8-13(9-11-14)12-6-4-3-5-7-12;13-12-8-6-11(7-9-12)10-4-2-1-3-5-10;1-3-7-4(6)5-2;/h1-13,25H,(H,23,24)(H,26,27);3-11H,2H2,1H3,(H2,17,18,19,21);1-9H,13H2;2-3H2,1H3;1H2. The minimum Gasteiger partial charge on any atom is -0.507 e. The highest BCUT2D eigenvalue weighted by atomic mass is 32.1. The molecule has 1 heterocycles. The molecule has 1 aromatic heterocycles. The Morgan fingerprint density at radius 3 is 1.54 bits per heavy atom. The predicted octanol–water partition coefficient (Wildman–Crippen LogP) is 13.3. The van der Waals surface area contributed by atoms with Gasteiger partial charge in [0.2, 0.25) is 0 Å². The van der Waals surface area contributed by atoms with Crippen LogP contribution in [-0.4, -0.2) is 58.4 Å². The summed E-state index contributed by atoms with van der Waals surface area (Å²) in [6.07, 6.45) is -1.17. The number of aromatic carboxylic acids is 1. The third-order valence-corrected chi connectivity index (χ3v) is 10.4. The number of aromatic hydroxyl groups is 1. The number of nitrogen functional groups attached to an aromatic ring is 1. The first-order valence-corrected chi connectivity index (χ1v) is 22.6. The molecule has 0 aliphatic rings. The summed E-state index contributed by atoms with van der Waals surface area (Å²) in [5.41, 5.74) is 16.3. The number of nitrogens with one attached hydrogen (secondary N) is 3. The number of hydrogen-bond acceptors (Lipinski definition) is 11. The van der Waals surface area contributed by atoms with Gasteiger partial charge >= 0.3 is 18.2 Å². The molecule has 0 atom stereocenters. The Bertz CT molecular complexity index is 2890. The average Bonchev–Trinajstić information content (AvgIpc) is 3.84. The molecule has 0 aliphatic carbocycles. The highest BCUT2D eigenvalue weighted by molar-refractivity contribution is 7.80. The van der Waals surface area contributed by atoms with E-state index in [0.29, 0.717) is 29.6 Å². The number of nitrogens with two attached hydrogens (primary N) is 1. The normalized spacial score (nSPS) is 9.74. The number of anilines is 4. The third kappa shape index (κ3) is 17.7. The van der Waals surface area contributed by atoms with Gasteiger partial charge in [-0.05, 0) is 121 Å². The van der Waals surface area contributed by atoms with E-state index in [4.69, 9.17) is 27.8 Å². The first-order chi connectivity index (χ1) is 33.5. The lowest BCUT2D eigenvalue weighted by molar-refractivity contribution is 0.0693. The van der Waals surface area contributed by atoms with E-state index in [1.807, 2.05) is 133 Å². The van der Waals surface area contributed by atoms with Crippen LogP contribution in [-0.2, 0) is 9.47 Å². The molecule has 70 heavy (non-hydrogen) atoms. The van der Waals surface area contributed by atoms with Crippen LogP contribution >= 0.6 is 37.1 Å². The average molecular weight is 993 g/mol. The summed E-state index contributed by atoms with van der Waals surface area (Å²) in [6.45, 7) is 7.07. The Labute approximate surface area is 423 Å². The lowest BCUT2D eigenvalue weighted by Crippen LogP contribution is -2.34. The van der Waals surface area contributed by atoms with Crippen LogP contribution in [0, 0.1) is 0 Å². The number of aliphatic imine (C=N–C) groups is 1. The van der Waals surface area contributed by atoms with Crippen molar-refractivity contribution in [3.8, 4) is 50.4 Å². The first kappa shape index (κ1) is 54.3. The summed E-state index contributed by atoms with van der Waals surface area (Å²) >= 11 is 6.46. The zero-order valence-electron chi connectivity index (χ0n) is 38.2. The number of ether oxygens (including phenoxy) is 2. The second-order valence-electron chi connectivity index (χ2n) is 14.2. The number of carboxylic acid groups (broad SMARTS) is 1. The van der Waals surface area contributed by atoms with Gasteiger partial charge in [-0.3, -0.25) is 5.32 Å². The molecule has 0 fully saturated rings. The van der Waals surface area contributed by atoms with E-state index in [2.05, 4.69) is 73.8 Å². The summed E-state index contributed by atoms with van der Waals surface area (Å²) in [4.78, 5) is 39.9. The molecular formula is C54H52N6O7S3. The largest absolute Gasteiger partial charge is 0.507 e. The number of rotatable bonds is 10. The van der Waals surface area contributed by atoms with Crippen molar-refractivity contribution in [1.82, 2.24) is 10.3 Å². The SMILES string of the molecule is C=NC(=O)OCC.CCOC(=O)NC(=S)Nc1ccc(-c2ccccc2)cc1.Nc1ccc(-c2ccccc2)cc1.O=C(O)c1cc(-c2csc(Nc3ccc(-c4ccccc4)cc3)n2)ccc1O.S. The van der Waals surface area contributed by atoms with E-state index < -0.39 is 18.2 Å². The Balaban J connectivity index is 0.000000223. The number of carbonyl (C=O) groups excluding carboxylic acids is 2. The highest BCUT2D eigenvalue weighted by Gasteiger charge is 2.13. The molecule has 0 radical (unpaired) electrons. The number of alkyl carbamates (subject to hydrolysis) is 1. The second kappa shape index (κ2) is 28.8. The number of phenols is 1. The molecule has 7 aromatic carbocycles. The quantitative estimate of drug-likeness (QED) is 0.0431. The number of benzene rings is 7. The van der Waals surface area contributed by atoms with Crippen LogP contribution in [0.1, 0.15) is 24.2 Å². The van der Waals surface area contributed by atoms with E-state index in [0.717, 1.165) is 39.3 Å². The van der Waals surface area contributed by atoms with Crippen LogP contribution in [0.4, 0.5) is 31.8 Å². The van der Waals surface area contributed by atoms with Gasteiger partial charge in [-0.25, -0.2) is 19.4 Å². The van der Waals surface area contributed by atoms with Gasteiger partial charge in [0.15, 0.2) is 10.2 Å². The molecule has 0 spiro atoms. The number of aromatic nitrogens is 1. The molecule has 13 nitrogen and oxygen atoms in total. The molecule has 7 N–H and O–H groups in total. The maximum Gasteiger partial charge on any atom is 0.432 e. The molecule has 8 rings (SSSR count). The zero-order chi connectivity index (χ0) is 49.4. The van der Waals surface area contributed by atoms with Crippen molar-refractivity contribution in [2.24, 2.45) is 4.99 Å². The first-order valence-electron chi connectivity index (χ1n) is 21.4. The monoisotopic (exact) mass is 992 g/mol. The van der Waals surface area contributed by atoms with Gasteiger partial charge < -0.3 is 36.1 Å². The van der Waals surface area contributed by atoms with Gasteiger partial charge in [0.1, 0.15) is 11.3 Å². The van der Waals surface area contributed by atoms with Crippen molar-refractivity contribution in [2.75, 3.05) is 29.6 Å². The van der Waals surface area contributed by atoms with Gasteiger partial charge in [0.05, 0.1) is 18.9 Å². The Morgan fingerprint density at radius 1 is 0.657 bits per heavy atom. The summed E-state index contributed by atoms with van der Waals surface area (Å²) in [6, 6.07) is 58.7. The number of hydrogen-bond donors (Lipinski definition) is 6. The van der Waals surface area contributed by atoms with Gasteiger partial charge in [0, 0.05) is 28.0 Å². The smallest absolute Gasteiger partial charge is 0.432 e. The summed E-state index contributed by atoms with van der Waals surface area (Å²) in [5.74, 6) is -1.44. The minimum absolute atomic E-state index is 0. The van der Waals surface area contributed by atoms with Crippen molar-refractivity contribution in [2.45, 2.75) is 13.8 Å². The predicted molar refractivity (Wildman–Crippen MR) is 293 cm³/mol. The van der Waals surface area contributed by atoms with E-state index in [1.165, 1.54) is 34.6 Å². The fourth-order valence-corrected chi connectivity index (χ4v) is 7.05. The van der Waals surface area contributed by atoms with E-state index in [9.17, 15) is 19.5 Å². The number of thiazole rings is 1. The third-order valence-electron chi connectivity index (χ3n) is 9.43. The van der Waals surface area contributed by atoms with Crippen molar-refractivity contribution in [3.63, 3.8) is 0 Å². The van der Waals surface area contributed by atoms with Gasteiger partial charge in [-0.1, -0.05) is 127 Å². The Kier molecular flexibility index (Phi) is 22.3. The molecule has 0 saturated heterocycles. The molecule has 16 heteroatoms. The van der Waals surface area contributed by atoms with Crippen LogP contribution in [0.25, 0.3) is 44.6 Å². The molecule has 2 amide bonds. The van der Waals surface area contributed by atoms with Crippen LogP contribution in [0.3, 0.4) is 0 Å². The van der Waals surface area contributed by atoms with Crippen molar-refractivity contribution >= 4 is 89.2 Å². The number of thiocarbonyl (C=S) groups is 1. The molecule has 8 aromatic rings. The Hall–Kier alpha value is -8.31. The van der Waals surface area contributed by atoms with Crippen molar-refractivity contribution in [3.05, 3.63) is 193 Å². The lowest BCUT2D eigenvalue weighted by Gasteiger charge is -2.10. The van der Waals surface area contributed by atoms with Crippen LogP contribution in [0.5, 0.6) is 5.75 Å². The molecular weight excluding hydrogens is 941 g/mol. The second-order valence-corrected chi connectivity index (χ2v) is 15.5. The van der Waals surface area contributed by atoms with Crippen molar-refractivity contribution < 1.29 is 34.1 Å². The summed E-state index contributed by atoms with van der Waals surface area (Å²) < 4.78 is 9.07. The van der Waals surface area contributed by atoms with Gasteiger partial charge in [-0.15, -0.1) is 11.3 Å². The van der Waals surface area contributed by atoms with Gasteiger partial charge in [-0.2, -0.15) is 18.5 Å². The van der Waals surface area contributed by atoms with E-state index in [1.54, 1.807) is 19.9 Å². The maximum absolute atomic E-state index is 11.2. The van der Waals surface area contributed by atoms with Crippen LogP contribution in [0.15, 0.2) is 192 Å². The van der Waals surface area contributed by atoms with E-state index >= 15 is 0 Å². The number of carbonyl (C=O) groups is 3. The molecule has 358 valence electrons. The number of amides is 2. The molecule has 0 aliphatic heterocycles. The maximum atomic E-state index is 11.2. The number of carboxylic acids is 1. The zero-order valence-corrected chi connectivity index (χ0v) is 40.9. The fourth-order valence-electron chi connectivity index (χ4n) is 6.10. The minimum atomic E-state index is -1.17. The topological polar surface area (TPSA) is 197 Å².